The van der Waals surface area contributed by atoms with Gasteiger partial charge in [-0.2, -0.15) is 0 Å². The van der Waals surface area contributed by atoms with Crippen LogP contribution in [-0.4, -0.2) is 27.2 Å². The van der Waals surface area contributed by atoms with E-state index in [1.807, 2.05) is 35.2 Å². The Morgan fingerprint density at radius 1 is 1.42 bits per heavy atom. The van der Waals surface area contributed by atoms with Crippen LogP contribution in [0.1, 0.15) is 55.9 Å². The first kappa shape index (κ1) is 18.6. The van der Waals surface area contributed by atoms with Crippen molar-refractivity contribution in [1.82, 2.24) is 14.9 Å². The van der Waals surface area contributed by atoms with Gasteiger partial charge < -0.3 is 5.32 Å². The Labute approximate surface area is 158 Å². The molecule has 0 radical (unpaired) electrons. The molecular formula is C20H26N4OS. The van der Waals surface area contributed by atoms with Crippen LogP contribution in [0.2, 0.25) is 0 Å². The van der Waals surface area contributed by atoms with E-state index in [9.17, 15) is 4.79 Å². The lowest BCUT2D eigenvalue weighted by molar-refractivity contribution is -0.115. The van der Waals surface area contributed by atoms with Crippen molar-refractivity contribution < 1.29 is 4.79 Å². The van der Waals surface area contributed by atoms with Gasteiger partial charge in [-0.1, -0.05) is 26.2 Å². The number of aliphatic imine (C=N–C) groups is 1. The van der Waals surface area contributed by atoms with Crippen LogP contribution >= 0.6 is 11.3 Å². The monoisotopic (exact) mass is 370 g/mol. The number of aryl methyl sites for hydroxylation is 1. The number of hydrogen-bond donors (Lipinski definition) is 1. The van der Waals surface area contributed by atoms with Gasteiger partial charge in [0.15, 0.2) is 0 Å². The molecule has 2 heterocycles. The molecule has 0 spiro atoms. The number of carbonyl (C=O) groups is 1. The maximum absolute atomic E-state index is 13.1. The second-order valence-electron chi connectivity index (χ2n) is 6.64. The Morgan fingerprint density at radius 3 is 2.85 bits per heavy atom. The highest BCUT2D eigenvalue weighted by Crippen LogP contribution is 2.21. The van der Waals surface area contributed by atoms with E-state index in [2.05, 4.69) is 17.2 Å². The standard InChI is InChI=1S/C20H26N4OS/c1-3-7-17(24-12-11-21-14-24)23-18(19-15(2)10-13-26-19)20(25)22-16-8-5-4-6-9-16/h7,10-14,16H,3-6,8-9H2,1-2H3,(H,22,25)/b17-7-,23-18?. The van der Waals surface area contributed by atoms with Gasteiger partial charge in [-0.3, -0.25) is 9.36 Å². The molecule has 3 rings (SSSR count). The number of hydrogen-bond acceptors (Lipinski definition) is 4. The van der Waals surface area contributed by atoms with Crippen molar-refractivity contribution in [3.05, 3.63) is 46.7 Å². The molecule has 1 saturated carbocycles. The fourth-order valence-corrected chi connectivity index (χ4v) is 4.13. The zero-order chi connectivity index (χ0) is 18.4. The summed E-state index contributed by atoms with van der Waals surface area (Å²) in [4.78, 5) is 22.9. The molecule has 138 valence electrons. The Balaban J connectivity index is 1.93. The smallest absolute Gasteiger partial charge is 0.271 e. The summed E-state index contributed by atoms with van der Waals surface area (Å²) in [6, 6.07) is 2.29. The molecule has 0 unspecified atom stereocenters. The summed E-state index contributed by atoms with van der Waals surface area (Å²) >= 11 is 1.56. The minimum absolute atomic E-state index is 0.0791. The third kappa shape index (κ3) is 4.49. The van der Waals surface area contributed by atoms with Gasteiger partial charge in [0.25, 0.3) is 5.91 Å². The lowest BCUT2D eigenvalue weighted by atomic mass is 9.95. The molecule has 1 aliphatic carbocycles. The summed E-state index contributed by atoms with van der Waals surface area (Å²) in [5.74, 6) is 0.649. The third-order valence-electron chi connectivity index (χ3n) is 4.61. The number of thiophene rings is 1. The molecule has 1 amide bonds. The molecule has 1 aliphatic rings. The maximum atomic E-state index is 13.1. The zero-order valence-corrected chi connectivity index (χ0v) is 16.3. The zero-order valence-electron chi connectivity index (χ0n) is 15.4. The Bertz CT molecular complexity index is 783. The molecule has 1 fully saturated rings. The molecule has 0 saturated heterocycles. The normalized spacial score (nSPS) is 16.7. The van der Waals surface area contributed by atoms with Gasteiger partial charge in [0.1, 0.15) is 17.9 Å². The van der Waals surface area contributed by atoms with Crippen LogP contribution in [0.4, 0.5) is 0 Å². The largest absolute Gasteiger partial charge is 0.348 e. The maximum Gasteiger partial charge on any atom is 0.271 e. The molecule has 0 bridgehead atoms. The van der Waals surface area contributed by atoms with E-state index in [4.69, 9.17) is 4.99 Å². The predicted molar refractivity (Wildman–Crippen MR) is 107 cm³/mol. The molecule has 5 nitrogen and oxygen atoms in total. The minimum atomic E-state index is -0.0791. The molecule has 0 atom stereocenters. The van der Waals surface area contributed by atoms with E-state index in [0.29, 0.717) is 5.71 Å². The van der Waals surface area contributed by atoms with Crippen molar-refractivity contribution >= 4 is 28.8 Å². The van der Waals surface area contributed by atoms with E-state index in [1.165, 1.54) is 19.3 Å². The Kier molecular flexibility index (Phi) is 6.39. The van der Waals surface area contributed by atoms with E-state index in [-0.39, 0.29) is 11.9 Å². The fourth-order valence-electron chi connectivity index (χ4n) is 3.22. The van der Waals surface area contributed by atoms with E-state index < -0.39 is 0 Å². The number of nitrogens with zero attached hydrogens (tertiary/aromatic N) is 3. The average molecular weight is 371 g/mol. The highest BCUT2D eigenvalue weighted by molar-refractivity contribution is 7.13. The van der Waals surface area contributed by atoms with Crippen LogP contribution in [-0.2, 0) is 4.79 Å². The first-order chi connectivity index (χ1) is 12.7. The molecule has 2 aromatic heterocycles. The van der Waals surface area contributed by atoms with Crippen LogP contribution in [0.5, 0.6) is 0 Å². The highest BCUT2D eigenvalue weighted by atomic mass is 32.1. The average Bonchev–Trinajstić information content (AvgIpc) is 3.31. The van der Waals surface area contributed by atoms with Gasteiger partial charge in [-0.15, -0.1) is 11.3 Å². The lowest BCUT2D eigenvalue weighted by Crippen LogP contribution is -2.40. The second-order valence-corrected chi connectivity index (χ2v) is 7.56. The molecule has 0 aromatic carbocycles. The van der Waals surface area contributed by atoms with Crippen molar-refractivity contribution in [2.75, 3.05) is 0 Å². The minimum Gasteiger partial charge on any atom is -0.348 e. The summed E-state index contributed by atoms with van der Waals surface area (Å²) in [6.07, 6.45) is 13.9. The van der Waals surface area contributed by atoms with Crippen molar-refractivity contribution in [2.45, 2.75) is 58.4 Å². The lowest BCUT2D eigenvalue weighted by Gasteiger charge is -2.23. The van der Waals surface area contributed by atoms with Gasteiger partial charge in [-0.25, -0.2) is 9.98 Å². The number of aromatic nitrogens is 2. The quantitative estimate of drug-likeness (QED) is 0.766. The topological polar surface area (TPSA) is 59.3 Å². The van der Waals surface area contributed by atoms with Crippen molar-refractivity contribution in [3.63, 3.8) is 0 Å². The number of imidazole rings is 1. The molecule has 2 aromatic rings. The third-order valence-corrected chi connectivity index (χ3v) is 5.64. The Morgan fingerprint density at radius 2 is 2.23 bits per heavy atom. The van der Waals surface area contributed by atoms with Gasteiger partial charge >= 0.3 is 0 Å². The van der Waals surface area contributed by atoms with E-state index >= 15 is 0 Å². The van der Waals surface area contributed by atoms with E-state index in [1.54, 1.807) is 23.9 Å². The number of nitrogens with one attached hydrogen (secondary N) is 1. The number of rotatable bonds is 6. The molecule has 1 N–H and O–H groups in total. The van der Waals surface area contributed by atoms with E-state index in [0.717, 1.165) is 35.5 Å². The molecule has 0 aliphatic heterocycles. The van der Waals surface area contributed by atoms with Crippen molar-refractivity contribution in [3.8, 4) is 0 Å². The SMILES string of the molecule is CC/C=C(/N=C(C(=O)NC1CCCCC1)c1sccc1C)n1ccnc1. The van der Waals surface area contributed by atoms with Crippen LogP contribution in [0.3, 0.4) is 0 Å². The number of allylic oxidation sites excluding steroid dienone is 1. The van der Waals surface area contributed by atoms with Crippen LogP contribution in [0, 0.1) is 6.92 Å². The highest BCUT2D eigenvalue weighted by Gasteiger charge is 2.22. The molecular weight excluding hydrogens is 344 g/mol. The van der Waals surface area contributed by atoms with Gasteiger partial charge in [0.05, 0.1) is 4.88 Å². The summed E-state index contributed by atoms with van der Waals surface area (Å²) in [5, 5.41) is 5.22. The summed E-state index contributed by atoms with van der Waals surface area (Å²) in [6.45, 7) is 4.08. The first-order valence-electron chi connectivity index (χ1n) is 9.31. The van der Waals surface area contributed by atoms with Crippen LogP contribution in [0.15, 0.2) is 41.2 Å². The van der Waals surface area contributed by atoms with Gasteiger partial charge in [0, 0.05) is 18.4 Å². The fraction of sp³-hybridized carbons (Fsp3) is 0.450. The summed E-state index contributed by atoms with van der Waals surface area (Å²) in [5.41, 5.74) is 1.57. The first-order valence-corrected chi connectivity index (χ1v) is 10.2. The van der Waals surface area contributed by atoms with Crippen molar-refractivity contribution in [2.24, 2.45) is 4.99 Å². The molecule has 6 heteroatoms. The van der Waals surface area contributed by atoms with Crippen LogP contribution < -0.4 is 5.32 Å². The number of amides is 1. The molecule has 26 heavy (non-hydrogen) atoms. The predicted octanol–water partition coefficient (Wildman–Crippen LogP) is 4.40. The van der Waals surface area contributed by atoms with Crippen LogP contribution in [0.25, 0.3) is 5.82 Å². The van der Waals surface area contributed by atoms with Crippen molar-refractivity contribution in [1.29, 1.82) is 0 Å². The summed E-state index contributed by atoms with van der Waals surface area (Å²) in [7, 11) is 0. The summed E-state index contributed by atoms with van der Waals surface area (Å²) < 4.78 is 1.85. The number of carbonyl (C=O) groups excluding carboxylic acids is 1. The van der Waals surface area contributed by atoms with Gasteiger partial charge in [-0.05, 0) is 49.3 Å². The van der Waals surface area contributed by atoms with Gasteiger partial charge in [0.2, 0.25) is 0 Å². The second kappa shape index (κ2) is 8.94. The Hall–Kier alpha value is -2.21.